The van der Waals surface area contributed by atoms with Gasteiger partial charge in [-0.05, 0) is 30.0 Å². The highest BCUT2D eigenvalue weighted by Gasteiger charge is 2.08. The molecule has 3 rings (SSSR count). The molecule has 0 atom stereocenters. The number of aryl methyl sites for hydroxylation is 1. The maximum atomic E-state index is 11.3. The molecule has 0 saturated carbocycles. The van der Waals surface area contributed by atoms with Gasteiger partial charge in [-0.15, -0.1) is 11.3 Å². The van der Waals surface area contributed by atoms with Crippen molar-refractivity contribution in [2.24, 2.45) is 0 Å². The number of fused-ring (bicyclic) bond motifs is 1. The zero-order valence-corrected chi connectivity index (χ0v) is 11.8. The van der Waals surface area contributed by atoms with E-state index in [4.69, 9.17) is 11.6 Å². The highest BCUT2D eigenvalue weighted by atomic mass is 35.5. The minimum absolute atomic E-state index is 0.167. The number of aromatic amines is 1. The number of H-pyrrole nitrogens is 1. The van der Waals surface area contributed by atoms with Gasteiger partial charge >= 0.3 is 0 Å². The van der Waals surface area contributed by atoms with E-state index < -0.39 is 0 Å². The van der Waals surface area contributed by atoms with Crippen molar-refractivity contribution in [2.75, 3.05) is 0 Å². The fourth-order valence-electron chi connectivity index (χ4n) is 2.04. The van der Waals surface area contributed by atoms with Crippen molar-refractivity contribution in [3.8, 4) is 0 Å². The molecule has 2 aromatic heterocycles. The van der Waals surface area contributed by atoms with E-state index in [1.165, 1.54) is 4.88 Å². The number of aromatic nitrogens is 2. The third kappa shape index (κ3) is 2.41. The fraction of sp³-hybridized carbons (Fsp3) is 0.143. The fourth-order valence-corrected chi connectivity index (χ4v) is 3.42. The minimum Gasteiger partial charge on any atom is -0.268 e. The molecule has 96 valence electrons. The van der Waals surface area contributed by atoms with E-state index in [2.05, 4.69) is 16.3 Å². The average molecular weight is 291 g/mol. The van der Waals surface area contributed by atoms with Gasteiger partial charge in [0.2, 0.25) is 0 Å². The van der Waals surface area contributed by atoms with Gasteiger partial charge in [0.25, 0.3) is 5.56 Å². The molecule has 0 saturated heterocycles. The summed E-state index contributed by atoms with van der Waals surface area (Å²) in [5.41, 5.74) is 1.63. The molecule has 0 bridgehead atoms. The summed E-state index contributed by atoms with van der Waals surface area (Å²) in [4.78, 5) is 12.5. The number of thiophene rings is 1. The lowest BCUT2D eigenvalue weighted by atomic mass is 10.1. The predicted octanol–water partition coefficient (Wildman–Crippen LogP) is 3.54. The normalized spacial score (nSPS) is 11.1. The molecule has 0 aliphatic heterocycles. The Balaban J connectivity index is 2.04. The van der Waals surface area contributed by atoms with E-state index in [0.717, 1.165) is 26.4 Å². The lowest BCUT2D eigenvalue weighted by Crippen LogP contribution is -2.10. The van der Waals surface area contributed by atoms with Gasteiger partial charge in [-0.2, -0.15) is 5.10 Å². The van der Waals surface area contributed by atoms with Gasteiger partial charge in [0.1, 0.15) is 0 Å². The minimum atomic E-state index is -0.167. The monoisotopic (exact) mass is 290 g/mol. The highest BCUT2D eigenvalue weighted by molar-refractivity contribution is 7.19. The van der Waals surface area contributed by atoms with Crippen LogP contribution in [0.4, 0.5) is 0 Å². The van der Waals surface area contributed by atoms with Crippen LogP contribution in [0.5, 0.6) is 0 Å². The predicted molar refractivity (Wildman–Crippen MR) is 79.2 cm³/mol. The van der Waals surface area contributed by atoms with Crippen LogP contribution in [0.25, 0.3) is 10.1 Å². The first kappa shape index (κ1) is 12.4. The largest absolute Gasteiger partial charge is 0.268 e. The molecule has 19 heavy (non-hydrogen) atoms. The molecule has 0 aliphatic carbocycles. The molecule has 0 aliphatic rings. The highest BCUT2D eigenvalue weighted by Crippen LogP contribution is 2.32. The van der Waals surface area contributed by atoms with Crippen LogP contribution in [0.2, 0.25) is 5.02 Å². The van der Waals surface area contributed by atoms with Crippen molar-refractivity contribution in [3.05, 3.63) is 61.8 Å². The van der Waals surface area contributed by atoms with Gasteiger partial charge in [-0.25, -0.2) is 5.10 Å². The van der Waals surface area contributed by atoms with Crippen molar-refractivity contribution in [1.82, 2.24) is 10.2 Å². The maximum absolute atomic E-state index is 11.3. The Bertz CT molecular complexity index is 807. The molecule has 0 radical (unpaired) electrons. The Morgan fingerprint density at radius 1 is 1.37 bits per heavy atom. The van der Waals surface area contributed by atoms with E-state index in [1.807, 2.05) is 25.1 Å². The van der Waals surface area contributed by atoms with E-state index in [0.29, 0.717) is 6.42 Å². The van der Waals surface area contributed by atoms with Gasteiger partial charge in [-0.1, -0.05) is 23.7 Å². The SMILES string of the molecule is Cc1n[nH]c(=O)cc1Cc1cc2cccc(Cl)c2s1. The lowest BCUT2D eigenvalue weighted by molar-refractivity contribution is 0.915. The van der Waals surface area contributed by atoms with Crippen molar-refractivity contribution in [3.63, 3.8) is 0 Å². The smallest absolute Gasteiger partial charge is 0.264 e. The molecule has 0 fully saturated rings. The number of nitrogens with zero attached hydrogens (tertiary/aromatic N) is 1. The van der Waals surface area contributed by atoms with E-state index in [-0.39, 0.29) is 5.56 Å². The summed E-state index contributed by atoms with van der Waals surface area (Å²) in [6, 6.07) is 9.61. The molecule has 1 N–H and O–H groups in total. The number of hydrogen-bond donors (Lipinski definition) is 1. The van der Waals surface area contributed by atoms with Crippen LogP contribution in [0.3, 0.4) is 0 Å². The molecule has 3 aromatic rings. The molecule has 0 amide bonds. The van der Waals surface area contributed by atoms with Crippen LogP contribution in [-0.2, 0) is 6.42 Å². The molecule has 2 heterocycles. The second-order valence-corrected chi connectivity index (χ2v) is 5.93. The Kier molecular flexibility index (Phi) is 3.12. The third-order valence-electron chi connectivity index (χ3n) is 3.02. The molecule has 0 spiro atoms. The van der Waals surface area contributed by atoms with Crippen LogP contribution >= 0.6 is 22.9 Å². The van der Waals surface area contributed by atoms with Gasteiger partial charge < -0.3 is 0 Å². The molecular formula is C14H11ClN2OS. The number of nitrogens with one attached hydrogen (secondary N) is 1. The van der Waals surface area contributed by atoms with Crippen molar-refractivity contribution >= 4 is 33.0 Å². The quantitative estimate of drug-likeness (QED) is 0.785. The summed E-state index contributed by atoms with van der Waals surface area (Å²) in [7, 11) is 0. The van der Waals surface area contributed by atoms with Crippen LogP contribution in [0.15, 0.2) is 35.1 Å². The lowest BCUT2D eigenvalue weighted by Gasteiger charge is -2.00. The number of benzene rings is 1. The molecule has 3 nitrogen and oxygen atoms in total. The molecular weight excluding hydrogens is 280 g/mol. The summed E-state index contributed by atoms with van der Waals surface area (Å²) in [5.74, 6) is 0. The second-order valence-electron chi connectivity index (χ2n) is 4.39. The summed E-state index contributed by atoms with van der Waals surface area (Å²) < 4.78 is 1.09. The van der Waals surface area contributed by atoms with Gasteiger partial charge in [0.15, 0.2) is 0 Å². The van der Waals surface area contributed by atoms with Crippen molar-refractivity contribution < 1.29 is 0 Å². The van der Waals surface area contributed by atoms with Crippen molar-refractivity contribution in [1.29, 1.82) is 0 Å². The Hall–Kier alpha value is -1.65. The topological polar surface area (TPSA) is 45.8 Å². The van der Waals surface area contributed by atoms with E-state index in [9.17, 15) is 4.79 Å². The summed E-state index contributed by atoms with van der Waals surface area (Å²) in [6.07, 6.45) is 0.707. The number of hydrogen-bond acceptors (Lipinski definition) is 3. The first-order valence-electron chi connectivity index (χ1n) is 5.85. The Labute approximate surface area is 118 Å². The average Bonchev–Trinajstić information content (AvgIpc) is 2.78. The Morgan fingerprint density at radius 3 is 3.00 bits per heavy atom. The number of halogens is 1. The Morgan fingerprint density at radius 2 is 2.21 bits per heavy atom. The molecule has 0 unspecified atom stereocenters. The number of rotatable bonds is 2. The van der Waals surface area contributed by atoms with Crippen LogP contribution in [-0.4, -0.2) is 10.2 Å². The zero-order valence-electron chi connectivity index (χ0n) is 10.2. The van der Waals surface area contributed by atoms with Crippen molar-refractivity contribution in [2.45, 2.75) is 13.3 Å². The molecule has 5 heteroatoms. The summed E-state index contributed by atoms with van der Waals surface area (Å²) in [5, 5.41) is 8.34. The summed E-state index contributed by atoms with van der Waals surface area (Å²) >= 11 is 7.83. The first-order valence-corrected chi connectivity index (χ1v) is 7.05. The first-order chi connectivity index (χ1) is 9.13. The maximum Gasteiger partial charge on any atom is 0.264 e. The second kappa shape index (κ2) is 4.79. The van der Waals surface area contributed by atoms with Gasteiger partial charge in [0.05, 0.1) is 15.4 Å². The standard InChI is InChI=1S/C14H11ClN2OS/c1-8-10(7-13(18)17-16-8)6-11-5-9-3-2-4-12(15)14(9)19-11/h2-5,7H,6H2,1H3,(H,17,18). The van der Waals surface area contributed by atoms with Crippen LogP contribution < -0.4 is 5.56 Å². The zero-order chi connectivity index (χ0) is 13.4. The van der Waals surface area contributed by atoms with Crippen LogP contribution in [0.1, 0.15) is 16.1 Å². The van der Waals surface area contributed by atoms with Gasteiger partial charge in [-0.3, -0.25) is 4.79 Å². The van der Waals surface area contributed by atoms with Crippen LogP contribution in [0, 0.1) is 6.92 Å². The van der Waals surface area contributed by atoms with E-state index in [1.54, 1.807) is 17.4 Å². The third-order valence-corrected chi connectivity index (χ3v) is 4.63. The van der Waals surface area contributed by atoms with Gasteiger partial charge in [0, 0.05) is 17.4 Å². The van der Waals surface area contributed by atoms with E-state index >= 15 is 0 Å². The summed E-state index contributed by atoms with van der Waals surface area (Å²) in [6.45, 7) is 1.89. The molecule has 1 aromatic carbocycles.